The summed E-state index contributed by atoms with van der Waals surface area (Å²) in [7, 11) is 0. The Balaban J connectivity index is 3.53. The van der Waals surface area contributed by atoms with Gasteiger partial charge in [-0.15, -0.1) is 0 Å². The van der Waals surface area contributed by atoms with E-state index in [1.165, 1.54) is 12.8 Å². The normalized spacial score (nSPS) is 11.6. The minimum absolute atomic E-state index is 0.118. The second kappa shape index (κ2) is 6.56. The van der Waals surface area contributed by atoms with Gasteiger partial charge in [-0.25, -0.2) is 0 Å². The van der Waals surface area contributed by atoms with Gasteiger partial charge in [0.1, 0.15) is 0 Å². The molecule has 0 unspecified atom stereocenters. The molecule has 0 aliphatic heterocycles. The molecule has 0 aromatic heterocycles. The number of aliphatic hydroxyl groups is 1. The zero-order valence-electron chi connectivity index (χ0n) is 6.64. The van der Waals surface area contributed by atoms with E-state index in [0.29, 0.717) is 0 Å². The Morgan fingerprint density at radius 2 is 2.30 bits per heavy atom. The first-order valence-corrected chi connectivity index (χ1v) is 3.77. The van der Waals surface area contributed by atoms with Gasteiger partial charge in [0.2, 0.25) is 0 Å². The Morgan fingerprint density at radius 3 is 2.70 bits per heavy atom. The maximum Gasteiger partial charge on any atom is 0.0678 e. The van der Waals surface area contributed by atoms with Gasteiger partial charge in [-0.3, -0.25) is 0 Å². The monoisotopic (exact) mass is 140 g/mol. The first kappa shape index (κ1) is 9.44. The smallest absolute Gasteiger partial charge is 0.0678 e. The highest BCUT2D eigenvalue weighted by atomic mass is 16.3. The topological polar surface area (TPSA) is 20.2 Å². The summed E-state index contributed by atoms with van der Waals surface area (Å²) in [5.74, 6) is 0. The molecule has 0 aromatic rings. The van der Waals surface area contributed by atoms with E-state index in [2.05, 4.69) is 13.5 Å². The van der Waals surface area contributed by atoms with Gasteiger partial charge in [-0.2, -0.15) is 0 Å². The van der Waals surface area contributed by atoms with E-state index in [4.69, 9.17) is 5.11 Å². The van der Waals surface area contributed by atoms with Crippen LogP contribution in [0.5, 0.6) is 0 Å². The van der Waals surface area contributed by atoms with E-state index >= 15 is 0 Å². The molecule has 0 heterocycles. The van der Waals surface area contributed by atoms with E-state index < -0.39 is 0 Å². The number of aliphatic hydroxyl groups excluding tert-OH is 1. The van der Waals surface area contributed by atoms with Crippen molar-refractivity contribution < 1.29 is 5.11 Å². The summed E-state index contributed by atoms with van der Waals surface area (Å²) in [4.78, 5) is 0. The van der Waals surface area contributed by atoms with Crippen molar-refractivity contribution in [1.82, 2.24) is 0 Å². The van der Waals surface area contributed by atoms with Crippen LogP contribution in [0, 0.1) is 0 Å². The van der Waals surface area contributed by atoms with E-state index in [9.17, 15) is 0 Å². The molecule has 0 rings (SSSR count). The summed E-state index contributed by atoms with van der Waals surface area (Å²) in [6.45, 7) is 5.85. The first-order valence-electron chi connectivity index (χ1n) is 3.77. The van der Waals surface area contributed by atoms with Gasteiger partial charge < -0.3 is 5.11 Å². The third-order valence-electron chi connectivity index (χ3n) is 1.41. The summed E-state index contributed by atoms with van der Waals surface area (Å²) in [5.41, 5.74) is 0.938. The Morgan fingerprint density at radius 1 is 1.60 bits per heavy atom. The summed E-state index contributed by atoms with van der Waals surface area (Å²) in [6.07, 6.45) is 7.19. The van der Waals surface area contributed by atoms with E-state index in [0.717, 1.165) is 12.0 Å². The van der Waals surface area contributed by atoms with Crippen molar-refractivity contribution in [1.29, 1.82) is 0 Å². The quantitative estimate of drug-likeness (QED) is 0.459. The minimum Gasteiger partial charge on any atom is -0.392 e. The van der Waals surface area contributed by atoms with Gasteiger partial charge in [0, 0.05) is 0 Å². The van der Waals surface area contributed by atoms with Crippen molar-refractivity contribution in [3.05, 3.63) is 24.3 Å². The fraction of sp³-hybridized carbons (Fsp3) is 0.556. The molecule has 58 valence electrons. The second-order valence-corrected chi connectivity index (χ2v) is 2.28. The van der Waals surface area contributed by atoms with Crippen molar-refractivity contribution >= 4 is 0 Å². The number of hydrogen-bond acceptors (Lipinski definition) is 1. The molecule has 10 heavy (non-hydrogen) atoms. The fourth-order valence-corrected chi connectivity index (χ4v) is 0.704. The van der Waals surface area contributed by atoms with Gasteiger partial charge in [0.25, 0.3) is 0 Å². The Hall–Kier alpha value is -0.560. The van der Waals surface area contributed by atoms with Crippen LogP contribution in [-0.4, -0.2) is 11.7 Å². The van der Waals surface area contributed by atoms with Crippen LogP contribution >= 0.6 is 0 Å². The number of unbranched alkanes of at least 4 members (excludes halogenated alkanes) is 2. The van der Waals surface area contributed by atoms with Crippen molar-refractivity contribution in [3.8, 4) is 0 Å². The molecule has 0 aromatic carbocycles. The van der Waals surface area contributed by atoms with Crippen LogP contribution in [0.1, 0.15) is 26.2 Å². The number of allylic oxidation sites excluding steroid dienone is 1. The lowest BCUT2D eigenvalue weighted by Gasteiger charge is -1.94. The van der Waals surface area contributed by atoms with E-state index in [1.807, 2.05) is 6.08 Å². The summed E-state index contributed by atoms with van der Waals surface area (Å²) in [5, 5.41) is 8.69. The van der Waals surface area contributed by atoms with Gasteiger partial charge in [-0.05, 0) is 12.0 Å². The van der Waals surface area contributed by atoms with Crippen LogP contribution in [0.3, 0.4) is 0 Å². The number of rotatable bonds is 5. The molecule has 0 saturated carbocycles. The predicted molar refractivity (Wildman–Crippen MR) is 44.9 cm³/mol. The van der Waals surface area contributed by atoms with Gasteiger partial charge in [0.15, 0.2) is 0 Å². The van der Waals surface area contributed by atoms with Crippen LogP contribution in [0.25, 0.3) is 0 Å². The van der Waals surface area contributed by atoms with E-state index in [-0.39, 0.29) is 6.61 Å². The summed E-state index contributed by atoms with van der Waals surface area (Å²) >= 11 is 0. The SMILES string of the molecule is C=C/C(=C\CCCC)CO. The minimum atomic E-state index is 0.118. The highest BCUT2D eigenvalue weighted by Gasteiger charge is 1.85. The number of hydrogen-bond donors (Lipinski definition) is 1. The van der Waals surface area contributed by atoms with Crippen LogP contribution in [-0.2, 0) is 0 Å². The summed E-state index contributed by atoms with van der Waals surface area (Å²) < 4.78 is 0. The maximum atomic E-state index is 8.69. The van der Waals surface area contributed by atoms with Crippen molar-refractivity contribution in [2.24, 2.45) is 0 Å². The zero-order valence-corrected chi connectivity index (χ0v) is 6.64. The molecule has 0 spiro atoms. The molecular formula is C9H16O. The van der Waals surface area contributed by atoms with Crippen LogP contribution < -0.4 is 0 Å². The molecule has 1 N–H and O–H groups in total. The lowest BCUT2D eigenvalue weighted by molar-refractivity contribution is 0.334. The Labute approximate surface area is 63.1 Å². The lowest BCUT2D eigenvalue weighted by atomic mass is 10.2. The van der Waals surface area contributed by atoms with Crippen LogP contribution in [0.4, 0.5) is 0 Å². The average molecular weight is 140 g/mol. The molecule has 1 heteroatoms. The first-order chi connectivity index (χ1) is 4.85. The molecule has 0 bridgehead atoms. The molecular weight excluding hydrogens is 124 g/mol. The third kappa shape index (κ3) is 4.33. The second-order valence-electron chi connectivity index (χ2n) is 2.28. The third-order valence-corrected chi connectivity index (χ3v) is 1.41. The molecule has 0 radical (unpaired) electrons. The lowest BCUT2D eigenvalue weighted by Crippen LogP contribution is -1.84. The molecule has 0 atom stereocenters. The molecule has 0 aliphatic rings. The standard InChI is InChI=1S/C9H16O/c1-3-5-6-7-9(4-2)8-10/h4,7,10H,2-3,5-6,8H2,1H3/b9-7+. The van der Waals surface area contributed by atoms with Gasteiger partial charge in [-0.1, -0.05) is 38.5 Å². The van der Waals surface area contributed by atoms with E-state index in [1.54, 1.807) is 6.08 Å². The van der Waals surface area contributed by atoms with Crippen molar-refractivity contribution in [3.63, 3.8) is 0 Å². The van der Waals surface area contributed by atoms with Crippen molar-refractivity contribution in [2.75, 3.05) is 6.61 Å². The van der Waals surface area contributed by atoms with Gasteiger partial charge >= 0.3 is 0 Å². The van der Waals surface area contributed by atoms with Crippen LogP contribution in [0.15, 0.2) is 24.3 Å². The van der Waals surface area contributed by atoms with Crippen LogP contribution in [0.2, 0.25) is 0 Å². The fourth-order valence-electron chi connectivity index (χ4n) is 0.704. The molecule has 0 saturated heterocycles. The molecule has 0 fully saturated rings. The maximum absolute atomic E-state index is 8.69. The predicted octanol–water partition coefficient (Wildman–Crippen LogP) is 2.28. The largest absolute Gasteiger partial charge is 0.392 e. The average Bonchev–Trinajstić information content (AvgIpc) is 1.99. The van der Waals surface area contributed by atoms with Gasteiger partial charge in [0.05, 0.1) is 6.61 Å². The Bertz CT molecular complexity index is 114. The summed E-state index contributed by atoms with van der Waals surface area (Å²) in [6, 6.07) is 0. The zero-order chi connectivity index (χ0) is 7.82. The Kier molecular flexibility index (Phi) is 6.19. The molecule has 1 nitrogen and oxygen atoms in total. The highest BCUT2D eigenvalue weighted by Crippen LogP contribution is 2.00. The molecule has 0 aliphatic carbocycles. The van der Waals surface area contributed by atoms with Crippen molar-refractivity contribution in [2.45, 2.75) is 26.2 Å². The highest BCUT2D eigenvalue weighted by molar-refractivity contribution is 5.15. The molecule has 0 amide bonds.